The number of carbonyl (C=O) groups excluding carboxylic acids is 1. The lowest BCUT2D eigenvalue weighted by atomic mass is 9.99. The van der Waals surface area contributed by atoms with Crippen molar-refractivity contribution in [3.63, 3.8) is 0 Å². The van der Waals surface area contributed by atoms with Crippen molar-refractivity contribution in [1.82, 2.24) is 9.88 Å². The van der Waals surface area contributed by atoms with Gasteiger partial charge in [-0.05, 0) is 43.7 Å². The van der Waals surface area contributed by atoms with E-state index in [1.54, 1.807) is 24.9 Å². The van der Waals surface area contributed by atoms with E-state index < -0.39 is 5.60 Å². The summed E-state index contributed by atoms with van der Waals surface area (Å²) in [7, 11) is 0. The molecule has 0 saturated heterocycles. The number of aliphatic hydroxyl groups is 1. The molecule has 0 radical (unpaired) electrons. The molecule has 24 heavy (non-hydrogen) atoms. The lowest BCUT2D eigenvalue weighted by Gasteiger charge is -2.28. The van der Waals surface area contributed by atoms with Gasteiger partial charge in [0.1, 0.15) is 0 Å². The van der Waals surface area contributed by atoms with Crippen molar-refractivity contribution < 1.29 is 9.90 Å². The first kappa shape index (κ1) is 16.4. The van der Waals surface area contributed by atoms with Gasteiger partial charge in [0.2, 0.25) is 0 Å². The molecule has 0 fully saturated rings. The van der Waals surface area contributed by atoms with E-state index in [1.807, 2.05) is 49.4 Å². The van der Waals surface area contributed by atoms with Crippen LogP contribution in [0.5, 0.6) is 0 Å². The van der Waals surface area contributed by atoms with E-state index in [9.17, 15) is 9.90 Å². The number of carbonyl (C=O) groups is 1. The maximum absolute atomic E-state index is 13.1. The van der Waals surface area contributed by atoms with Crippen LogP contribution in [-0.2, 0) is 0 Å². The molecule has 4 heteroatoms. The van der Waals surface area contributed by atoms with Crippen LogP contribution in [0.2, 0.25) is 0 Å². The molecule has 1 amide bonds. The van der Waals surface area contributed by atoms with E-state index in [2.05, 4.69) is 4.98 Å². The van der Waals surface area contributed by atoms with Crippen molar-refractivity contribution in [2.45, 2.75) is 26.4 Å². The zero-order valence-electron chi connectivity index (χ0n) is 14.3. The quantitative estimate of drug-likeness (QED) is 0.746. The number of hydrogen-bond acceptors (Lipinski definition) is 3. The summed E-state index contributed by atoms with van der Waals surface area (Å²) in [6.07, 6.45) is 1.71. The van der Waals surface area contributed by atoms with Crippen LogP contribution < -0.4 is 0 Å². The Kier molecular flexibility index (Phi) is 4.24. The number of rotatable bonds is 4. The molecule has 0 spiro atoms. The van der Waals surface area contributed by atoms with Gasteiger partial charge in [-0.1, -0.05) is 30.3 Å². The molecule has 0 aliphatic carbocycles. The number of fused-ring (bicyclic) bond motifs is 3. The third kappa shape index (κ3) is 3.10. The van der Waals surface area contributed by atoms with Crippen LogP contribution in [-0.4, -0.2) is 39.6 Å². The van der Waals surface area contributed by atoms with Crippen LogP contribution >= 0.6 is 0 Å². The summed E-state index contributed by atoms with van der Waals surface area (Å²) in [6.45, 7) is 6.15. The molecule has 0 saturated carbocycles. The first-order valence-electron chi connectivity index (χ1n) is 8.19. The summed E-state index contributed by atoms with van der Waals surface area (Å²) < 4.78 is 0. The summed E-state index contributed by atoms with van der Waals surface area (Å²) in [4.78, 5) is 19.2. The Bertz CT molecular complexity index is 897. The van der Waals surface area contributed by atoms with E-state index in [0.29, 0.717) is 17.6 Å². The van der Waals surface area contributed by atoms with Gasteiger partial charge >= 0.3 is 0 Å². The number of aromatic nitrogens is 1. The Morgan fingerprint density at radius 1 is 1.17 bits per heavy atom. The summed E-state index contributed by atoms with van der Waals surface area (Å²) in [6, 6.07) is 13.8. The monoisotopic (exact) mass is 322 g/mol. The molecule has 0 bridgehead atoms. The van der Waals surface area contributed by atoms with E-state index in [1.165, 1.54) is 0 Å². The Labute approximate surface area is 141 Å². The number of nitrogens with zero attached hydrogens (tertiary/aromatic N) is 2. The number of pyridine rings is 1. The highest BCUT2D eigenvalue weighted by atomic mass is 16.3. The van der Waals surface area contributed by atoms with E-state index in [-0.39, 0.29) is 12.5 Å². The minimum Gasteiger partial charge on any atom is -0.389 e. The topological polar surface area (TPSA) is 53.4 Å². The highest BCUT2D eigenvalue weighted by Crippen LogP contribution is 2.28. The molecule has 124 valence electrons. The van der Waals surface area contributed by atoms with Crippen LogP contribution in [0.25, 0.3) is 21.7 Å². The molecule has 1 N–H and O–H groups in total. The first-order chi connectivity index (χ1) is 11.4. The van der Waals surface area contributed by atoms with Crippen molar-refractivity contribution >= 4 is 27.6 Å². The van der Waals surface area contributed by atoms with Crippen LogP contribution in [0.3, 0.4) is 0 Å². The molecule has 0 aliphatic rings. The predicted molar refractivity (Wildman–Crippen MR) is 97.1 cm³/mol. The van der Waals surface area contributed by atoms with Crippen molar-refractivity contribution in [2.24, 2.45) is 0 Å². The fourth-order valence-corrected chi connectivity index (χ4v) is 3.06. The third-order valence-electron chi connectivity index (χ3n) is 4.09. The minimum atomic E-state index is -0.939. The van der Waals surface area contributed by atoms with E-state index in [4.69, 9.17) is 0 Å². The highest BCUT2D eigenvalue weighted by Gasteiger charge is 2.24. The molecular weight excluding hydrogens is 300 g/mol. The Morgan fingerprint density at radius 2 is 1.88 bits per heavy atom. The second-order valence-corrected chi connectivity index (χ2v) is 6.68. The summed E-state index contributed by atoms with van der Waals surface area (Å²) in [5, 5.41) is 13.2. The smallest absolute Gasteiger partial charge is 0.256 e. The second-order valence-electron chi connectivity index (χ2n) is 6.68. The molecule has 4 nitrogen and oxygen atoms in total. The Morgan fingerprint density at radius 3 is 2.58 bits per heavy atom. The molecule has 2 aromatic carbocycles. The number of benzene rings is 2. The SMILES string of the molecule is CCN(CC(C)(C)O)C(=O)c1cc2ccccc2c2cccnc12. The molecule has 1 heterocycles. The molecule has 3 rings (SSSR count). The molecular formula is C20H22N2O2. The van der Waals surface area contributed by atoms with Gasteiger partial charge in [-0.15, -0.1) is 0 Å². The lowest BCUT2D eigenvalue weighted by Crippen LogP contribution is -2.42. The van der Waals surface area contributed by atoms with Crippen molar-refractivity contribution in [1.29, 1.82) is 0 Å². The molecule has 0 unspecified atom stereocenters. The second kappa shape index (κ2) is 6.21. The fraction of sp³-hybridized carbons (Fsp3) is 0.300. The van der Waals surface area contributed by atoms with E-state index in [0.717, 1.165) is 16.2 Å². The fourth-order valence-electron chi connectivity index (χ4n) is 3.06. The normalized spacial score (nSPS) is 11.8. The van der Waals surface area contributed by atoms with Gasteiger partial charge in [0.25, 0.3) is 5.91 Å². The largest absolute Gasteiger partial charge is 0.389 e. The zero-order valence-corrected chi connectivity index (χ0v) is 14.3. The van der Waals surface area contributed by atoms with Crippen LogP contribution in [0.15, 0.2) is 48.7 Å². The molecule has 0 aliphatic heterocycles. The lowest BCUT2D eigenvalue weighted by molar-refractivity contribution is 0.0315. The van der Waals surface area contributed by atoms with Gasteiger partial charge in [0.05, 0.1) is 16.7 Å². The summed E-state index contributed by atoms with van der Waals surface area (Å²) >= 11 is 0. The van der Waals surface area contributed by atoms with Crippen molar-refractivity contribution in [3.05, 3.63) is 54.2 Å². The van der Waals surface area contributed by atoms with Gasteiger partial charge in [-0.3, -0.25) is 9.78 Å². The Balaban J connectivity index is 2.18. The van der Waals surface area contributed by atoms with Crippen molar-refractivity contribution in [3.8, 4) is 0 Å². The van der Waals surface area contributed by atoms with Crippen molar-refractivity contribution in [2.75, 3.05) is 13.1 Å². The number of likely N-dealkylation sites (N-methyl/N-ethyl adjacent to an activating group) is 1. The maximum Gasteiger partial charge on any atom is 0.256 e. The number of amides is 1. The maximum atomic E-state index is 13.1. The minimum absolute atomic E-state index is 0.103. The molecule has 1 aromatic heterocycles. The molecule has 3 aromatic rings. The van der Waals surface area contributed by atoms with Gasteiger partial charge in [-0.25, -0.2) is 0 Å². The predicted octanol–water partition coefficient (Wildman–Crippen LogP) is 3.62. The standard InChI is InChI=1S/C20H22N2O2/c1-4-22(13-20(2,3)24)19(23)17-12-14-8-5-6-9-15(14)16-10-7-11-21-18(16)17/h5-12,24H,4,13H2,1-3H3. The average Bonchev–Trinajstić information content (AvgIpc) is 2.57. The van der Waals surface area contributed by atoms with Gasteiger partial charge in [0.15, 0.2) is 0 Å². The van der Waals surface area contributed by atoms with Gasteiger partial charge < -0.3 is 10.0 Å². The first-order valence-corrected chi connectivity index (χ1v) is 8.19. The summed E-state index contributed by atoms with van der Waals surface area (Å²) in [5.74, 6) is -0.103. The molecule has 0 atom stereocenters. The summed E-state index contributed by atoms with van der Waals surface area (Å²) in [5.41, 5.74) is 0.344. The van der Waals surface area contributed by atoms with E-state index >= 15 is 0 Å². The van der Waals surface area contributed by atoms with Crippen LogP contribution in [0.1, 0.15) is 31.1 Å². The number of hydrogen-bond donors (Lipinski definition) is 1. The highest BCUT2D eigenvalue weighted by molar-refractivity contribution is 6.15. The van der Waals surface area contributed by atoms with Crippen LogP contribution in [0, 0.1) is 0 Å². The van der Waals surface area contributed by atoms with Gasteiger partial charge in [-0.2, -0.15) is 0 Å². The Hall–Kier alpha value is -2.46. The average molecular weight is 322 g/mol. The van der Waals surface area contributed by atoms with Crippen LogP contribution in [0.4, 0.5) is 0 Å². The van der Waals surface area contributed by atoms with Gasteiger partial charge in [0, 0.05) is 24.7 Å². The zero-order chi connectivity index (χ0) is 17.3. The third-order valence-corrected chi connectivity index (χ3v) is 4.09.